The fourth-order valence-electron chi connectivity index (χ4n) is 1.22. The zero-order valence-electron chi connectivity index (χ0n) is 6.64. The van der Waals surface area contributed by atoms with Gasteiger partial charge in [-0.1, -0.05) is 0 Å². The molecule has 5 nitrogen and oxygen atoms in total. The van der Waals surface area contributed by atoms with E-state index in [-0.39, 0.29) is 11.3 Å². The molecule has 1 aromatic heterocycles. The highest BCUT2D eigenvalue weighted by molar-refractivity contribution is 5.90. The van der Waals surface area contributed by atoms with Gasteiger partial charge in [0.1, 0.15) is 11.4 Å². The number of aromatic hydroxyl groups is 1. The minimum Gasteiger partial charge on any atom is -0.594 e. The predicted octanol–water partition coefficient (Wildman–Crippen LogP) is 0.156. The van der Waals surface area contributed by atoms with Crippen molar-refractivity contribution >= 4 is 16.6 Å². The van der Waals surface area contributed by atoms with Gasteiger partial charge in [0.05, 0.1) is 11.6 Å². The Bertz CT molecular complexity index is 462. The van der Waals surface area contributed by atoms with E-state index in [0.29, 0.717) is 15.9 Å². The van der Waals surface area contributed by atoms with Gasteiger partial charge in [0.25, 0.3) is 5.52 Å². The first kappa shape index (κ1) is 7.60. The molecule has 0 spiro atoms. The molecule has 0 radical (unpaired) electrons. The number of anilines is 1. The molecule has 5 heteroatoms. The third kappa shape index (κ3) is 1.01. The largest absolute Gasteiger partial charge is 0.594 e. The number of nitrogens with zero attached hydrogens (tertiary/aromatic N) is 2. The number of phenolic OH excluding ortho intramolecular Hbond substituents is 1. The highest BCUT2D eigenvalue weighted by Crippen LogP contribution is 2.25. The van der Waals surface area contributed by atoms with Gasteiger partial charge in [0.15, 0.2) is 0 Å². The molecule has 0 aliphatic rings. The van der Waals surface area contributed by atoms with Gasteiger partial charge >= 0.3 is 0 Å². The van der Waals surface area contributed by atoms with E-state index in [1.54, 1.807) is 0 Å². The van der Waals surface area contributed by atoms with Crippen LogP contribution < -0.4 is 10.6 Å². The Morgan fingerprint density at radius 1 is 1.38 bits per heavy atom. The first-order valence-electron chi connectivity index (χ1n) is 3.66. The molecule has 0 aliphatic heterocycles. The number of benzene rings is 1. The number of nitrogens with two attached hydrogens (primary N) is 1. The molecule has 1 heterocycles. The van der Waals surface area contributed by atoms with Crippen molar-refractivity contribution in [3.8, 4) is 5.75 Å². The molecule has 2 rings (SSSR count). The molecule has 0 bridgehead atoms. The number of rotatable bonds is 0. The van der Waals surface area contributed by atoms with Crippen LogP contribution in [0.2, 0.25) is 0 Å². The van der Waals surface area contributed by atoms with Gasteiger partial charge < -0.3 is 16.0 Å². The summed E-state index contributed by atoms with van der Waals surface area (Å²) in [6.45, 7) is 0. The van der Waals surface area contributed by atoms with E-state index in [9.17, 15) is 10.3 Å². The van der Waals surface area contributed by atoms with E-state index in [1.807, 2.05) is 0 Å². The molecule has 13 heavy (non-hydrogen) atoms. The van der Waals surface area contributed by atoms with E-state index in [2.05, 4.69) is 5.10 Å². The minimum absolute atomic E-state index is 0.0243. The second-order valence-corrected chi connectivity index (χ2v) is 2.64. The first-order valence-corrected chi connectivity index (χ1v) is 3.66. The standard InChI is InChI=1S/C8H7N3O2/c9-6-1-2-7(12)5-3-4-10-11(13)8(5)6/h1-4,12H,9H2. The normalized spacial score (nSPS) is 10.5. The Balaban J connectivity index is 3.00. The summed E-state index contributed by atoms with van der Waals surface area (Å²) in [5.41, 5.74) is 6.05. The van der Waals surface area contributed by atoms with Gasteiger partial charge in [-0.2, -0.15) is 0 Å². The fourth-order valence-corrected chi connectivity index (χ4v) is 1.22. The molecule has 0 saturated heterocycles. The van der Waals surface area contributed by atoms with Gasteiger partial charge in [-0.15, -0.1) is 0 Å². The summed E-state index contributed by atoms with van der Waals surface area (Å²) in [6.07, 6.45) is 1.31. The minimum atomic E-state index is 0.0243. The Morgan fingerprint density at radius 2 is 2.15 bits per heavy atom. The Hall–Kier alpha value is -2.04. The lowest BCUT2D eigenvalue weighted by Gasteiger charge is -2.02. The van der Waals surface area contributed by atoms with E-state index >= 15 is 0 Å². The van der Waals surface area contributed by atoms with E-state index < -0.39 is 0 Å². The van der Waals surface area contributed by atoms with Crippen molar-refractivity contribution in [2.45, 2.75) is 0 Å². The third-order valence-corrected chi connectivity index (χ3v) is 1.83. The quantitative estimate of drug-likeness (QED) is 0.259. The highest BCUT2D eigenvalue weighted by Gasteiger charge is 2.11. The Labute approximate surface area is 73.6 Å². The van der Waals surface area contributed by atoms with Crippen LogP contribution in [-0.4, -0.2) is 10.2 Å². The smallest absolute Gasteiger partial charge is 0.278 e. The number of nitrogen functional groups attached to an aromatic ring is 1. The summed E-state index contributed by atoms with van der Waals surface area (Å²) in [4.78, 5) is 0.393. The average Bonchev–Trinajstić information content (AvgIpc) is 2.12. The first-order chi connectivity index (χ1) is 6.20. The van der Waals surface area contributed by atoms with Crippen LogP contribution in [0.1, 0.15) is 0 Å². The molecule has 0 unspecified atom stereocenters. The van der Waals surface area contributed by atoms with Gasteiger partial charge in [0, 0.05) is 5.10 Å². The van der Waals surface area contributed by atoms with Crippen LogP contribution in [-0.2, 0) is 0 Å². The van der Waals surface area contributed by atoms with Crippen molar-refractivity contribution in [2.24, 2.45) is 0 Å². The number of aromatic nitrogens is 2. The monoisotopic (exact) mass is 177 g/mol. The van der Waals surface area contributed by atoms with Crippen LogP contribution in [0, 0.1) is 5.21 Å². The average molecular weight is 177 g/mol. The number of fused-ring (bicyclic) bond motifs is 1. The lowest BCUT2D eigenvalue weighted by atomic mass is 10.2. The lowest BCUT2D eigenvalue weighted by Crippen LogP contribution is -2.31. The third-order valence-electron chi connectivity index (χ3n) is 1.83. The molecule has 1 aromatic carbocycles. The Kier molecular flexibility index (Phi) is 1.45. The zero-order chi connectivity index (χ0) is 9.42. The van der Waals surface area contributed by atoms with Crippen molar-refractivity contribution < 1.29 is 9.95 Å². The SMILES string of the molecule is Nc1ccc(O)c2ccn[n+]([O-])c12. The number of phenols is 1. The maximum atomic E-state index is 11.2. The number of hydrogen-bond acceptors (Lipinski definition) is 4. The van der Waals surface area contributed by atoms with Crippen molar-refractivity contribution in [1.29, 1.82) is 0 Å². The molecule has 0 aliphatic carbocycles. The molecule has 66 valence electrons. The van der Waals surface area contributed by atoms with Gasteiger partial charge in [0.2, 0.25) is 0 Å². The van der Waals surface area contributed by atoms with Crippen LogP contribution in [0.4, 0.5) is 5.69 Å². The molecular weight excluding hydrogens is 170 g/mol. The van der Waals surface area contributed by atoms with E-state index in [1.165, 1.54) is 24.4 Å². The zero-order valence-corrected chi connectivity index (χ0v) is 6.64. The highest BCUT2D eigenvalue weighted by atomic mass is 16.5. The Morgan fingerprint density at radius 3 is 2.85 bits per heavy atom. The predicted molar refractivity (Wildman–Crippen MR) is 46.8 cm³/mol. The van der Waals surface area contributed by atoms with Crippen molar-refractivity contribution in [3.05, 3.63) is 29.6 Å². The number of hydrogen-bond donors (Lipinski definition) is 2. The van der Waals surface area contributed by atoms with Crippen molar-refractivity contribution in [2.75, 3.05) is 5.73 Å². The molecule has 3 N–H and O–H groups in total. The summed E-state index contributed by atoms with van der Waals surface area (Å²) >= 11 is 0. The van der Waals surface area contributed by atoms with E-state index in [0.717, 1.165) is 0 Å². The maximum Gasteiger partial charge on any atom is 0.278 e. The summed E-state index contributed by atoms with van der Waals surface area (Å²) < 4.78 is 0. The summed E-state index contributed by atoms with van der Waals surface area (Å²) in [7, 11) is 0. The summed E-state index contributed by atoms with van der Waals surface area (Å²) in [5.74, 6) is 0.0243. The van der Waals surface area contributed by atoms with Crippen molar-refractivity contribution in [3.63, 3.8) is 0 Å². The summed E-state index contributed by atoms with van der Waals surface area (Å²) in [5, 5.41) is 24.4. The van der Waals surface area contributed by atoms with Crippen LogP contribution in [0.15, 0.2) is 24.4 Å². The molecule has 0 fully saturated rings. The van der Waals surface area contributed by atoms with E-state index in [4.69, 9.17) is 5.73 Å². The lowest BCUT2D eigenvalue weighted by molar-refractivity contribution is -0.642. The van der Waals surface area contributed by atoms with Crippen LogP contribution in [0.3, 0.4) is 0 Å². The molecule has 2 aromatic rings. The molecule has 0 amide bonds. The molecular formula is C8H7N3O2. The van der Waals surface area contributed by atoms with Crippen LogP contribution in [0.5, 0.6) is 5.75 Å². The van der Waals surface area contributed by atoms with Gasteiger partial charge in [-0.3, -0.25) is 0 Å². The van der Waals surface area contributed by atoms with Crippen LogP contribution in [0.25, 0.3) is 10.9 Å². The van der Waals surface area contributed by atoms with Gasteiger partial charge in [-0.25, -0.2) is 0 Å². The molecule has 0 atom stereocenters. The maximum absolute atomic E-state index is 11.2. The topological polar surface area (TPSA) is 86.1 Å². The van der Waals surface area contributed by atoms with Crippen LogP contribution >= 0.6 is 0 Å². The molecule has 0 saturated carbocycles. The van der Waals surface area contributed by atoms with Crippen molar-refractivity contribution in [1.82, 2.24) is 5.10 Å². The van der Waals surface area contributed by atoms with Gasteiger partial charge in [-0.05, 0) is 23.0 Å². The second-order valence-electron chi connectivity index (χ2n) is 2.64. The summed E-state index contributed by atoms with van der Waals surface area (Å²) in [6, 6.07) is 4.45. The fraction of sp³-hybridized carbons (Fsp3) is 0. The second kappa shape index (κ2) is 2.48.